The first-order valence-corrected chi connectivity index (χ1v) is 5.38. The quantitative estimate of drug-likeness (QED) is 0.724. The molecule has 3 nitrogen and oxygen atoms in total. The van der Waals surface area contributed by atoms with Gasteiger partial charge in [-0.15, -0.1) is 0 Å². The van der Waals surface area contributed by atoms with Crippen molar-refractivity contribution in [2.24, 2.45) is 4.99 Å². The van der Waals surface area contributed by atoms with E-state index < -0.39 is 0 Å². The first-order chi connectivity index (χ1) is 7.25. The van der Waals surface area contributed by atoms with Gasteiger partial charge in [0, 0.05) is 13.0 Å². The summed E-state index contributed by atoms with van der Waals surface area (Å²) in [6.45, 7) is 5.19. The summed E-state index contributed by atoms with van der Waals surface area (Å²) in [6.07, 6.45) is 2.22. The Morgan fingerprint density at radius 1 is 1.13 bits per heavy atom. The summed E-state index contributed by atoms with van der Waals surface area (Å²) >= 11 is 0. The number of nitrogens with one attached hydrogen (secondary N) is 2. The molecule has 0 aliphatic carbocycles. The van der Waals surface area contributed by atoms with Crippen LogP contribution in [0.15, 0.2) is 23.2 Å². The van der Waals surface area contributed by atoms with Crippen molar-refractivity contribution >= 4 is 11.5 Å². The largest absolute Gasteiger partial charge is 0.300 e. The molecule has 0 fully saturated rings. The number of hydrogen-bond acceptors (Lipinski definition) is 3. The summed E-state index contributed by atoms with van der Waals surface area (Å²) < 4.78 is 0. The van der Waals surface area contributed by atoms with E-state index in [9.17, 15) is 0 Å². The number of hydrogen-bond donors (Lipinski definition) is 2. The Morgan fingerprint density at radius 3 is 2.67 bits per heavy atom. The molecule has 1 heterocycles. The zero-order chi connectivity index (χ0) is 10.7. The molecule has 3 heteroatoms. The van der Waals surface area contributed by atoms with Gasteiger partial charge in [-0.05, 0) is 43.5 Å². The van der Waals surface area contributed by atoms with Crippen LogP contribution in [0, 0.1) is 13.8 Å². The molecule has 2 rings (SSSR count). The van der Waals surface area contributed by atoms with Crippen LogP contribution >= 0.6 is 0 Å². The Balaban J connectivity index is 1.96. The Morgan fingerprint density at radius 2 is 2.00 bits per heavy atom. The Labute approximate surface area is 90.6 Å². The summed E-state index contributed by atoms with van der Waals surface area (Å²) in [4.78, 5) is 4.33. The molecular formula is C12H17N3. The van der Waals surface area contributed by atoms with E-state index in [2.05, 4.69) is 47.9 Å². The Hall–Kier alpha value is -1.51. The van der Waals surface area contributed by atoms with Crippen LogP contribution in [0.2, 0.25) is 0 Å². The van der Waals surface area contributed by atoms with Gasteiger partial charge in [-0.2, -0.15) is 0 Å². The third kappa shape index (κ3) is 2.49. The number of aliphatic imine (C=N–C) groups is 1. The van der Waals surface area contributed by atoms with Gasteiger partial charge >= 0.3 is 0 Å². The average Bonchev–Trinajstić information content (AvgIpc) is 2.73. The highest BCUT2D eigenvalue weighted by Gasteiger charge is 2.04. The summed E-state index contributed by atoms with van der Waals surface area (Å²) in [5.74, 6) is 1.06. The predicted molar refractivity (Wildman–Crippen MR) is 64.2 cm³/mol. The lowest BCUT2D eigenvalue weighted by Crippen LogP contribution is -2.27. The van der Waals surface area contributed by atoms with Crippen LogP contribution in [0.3, 0.4) is 0 Å². The fourth-order valence-corrected chi connectivity index (χ4v) is 1.61. The molecule has 0 spiro atoms. The van der Waals surface area contributed by atoms with Gasteiger partial charge in [0.15, 0.2) is 0 Å². The maximum absolute atomic E-state index is 4.33. The van der Waals surface area contributed by atoms with Crippen molar-refractivity contribution in [3.8, 4) is 0 Å². The molecule has 0 unspecified atom stereocenters. The Bertz CT molecular complexity index is 382. The topological polar surface area (TPSA) is 36.4 Å². The van der Waals surface area contributed by atoms with Crippen molar-refractivity contribution in [2.45, 2.75) is 26.7 Å². The van der Waals surface area contributed by atoms with Gasteiger partial charge < -0.3 is 0 Å². The van der Waals surface area contributed by atoms with Crippen molar-refractivity contribution in [1.82, 2.24) is 5.43 Å². The molecular weight excluding hydrogens is 186 g/mol. The first-order valence-electron chi connectivity index (χ1n) is 5.38. The van der Waals surface area contributed by atoms with Crippen molar-refractivity contribution in [3.05, 3.63) is 29.3 Å². The molecule has 0 saturated heterocycles. The number of aryl methyl sites for hydroxylation is 2. The number of nitrogens with zero attached hydrogens (tertiary/aromatic N) is 1. The van der Waals surface area contributed by atoms with Crippen LogP contribution in [-0.4, -0.2) is 12.4 Å². The second-order valence-corrected chi connectivity index (χ2v) is 3.98. The predicted octanol–water partition coefficient (Wildman–Crippen LogP) is 2.41. The van der Waals surface area contributed by atoms with Gasteiger partial charge in [-0.1, -0.05) is 6.07 Å². The highest BCUT2D eigenvalue weighted by molar-refractivity contribution is 5.84. The van der Waals surface area contributed by atoms with Crippen LogP contribution in [-0.2, 0) is 0 Å². The zero-order valence-corrected chi connectivity index (χ0v) is 9.30. The molecule has 80 valence electrons. The van der Waals surface area contributed by atoms with E-state index in [1.165, 1.54) is 11.1 Å². The van der Waals surface area contributed by atoms with Crippen molar-refractivity contribution in [1.29, 1.82) is 0 Å². The van der Waals surface area contributed by atoms with E-state index in [4.69, 9.17) is 0 Å². The van der Waals surface area contributed by atoms with Crippen LogP contribution in [0.4, 0.5) is 5.69 Å². The summed E-state index contributed by atoms with van der Waals surface area (Å²) in [7, 11) is 0. The molecule has 0 radical (unpaired) electrons. The lowest BCUT2D eigenvalue weighted by atomic mass is 10.1. The molecule has 15 heavy (non-hydrogen) atoms. The second-order valence-electron chi connectivity index (χ2n) is 3.98. The summed E-state index contributed by atoms with van der Waals surface area (Å²) in [5, 5.41) is 0. The van der Waals surface area contributed by atoms with Crippen molar-refractivity contribution in [3.63, 3.8) is 0 Å². The molecule has 1 aromatic rings. The number of hydrazine groups is 1. The molecule has 0 saturated carbocycles. The van der Waals surface area contributed by atoms with Crippen molar-refractivity contribution in [2.75, 3.05) is 12.0 Å². The van der Waals surface area contributed by atoms with Crippen LogP contribution < -0.4 is 10.9 Å². The monoisotopic (exact) mass is 203 g/mol. The van der Waals surface area contributed by atoms with Crippen LogP contribution in [0.1, 0.15) is 24.0 Å². The third-order valence-corrected chi connectivity index (χ3v) is 2.73. The third-order valence-electron chi connectivity index (χ3n) is 2.73. The number of rotatable bonds is 2. The number of anilines is 1. The molecule has 1 aliphatic rings. The summed E-state index contributed by atoms with van der Waals surface area (Å²) in [6, 6.07) is 6.33. The van der Waals surface area contributed by atoms with E-state index in [-0.39, 0.29) is 0 Å². The molecule has 2 N–H and O–H groups in total. The average molecular weight is 203 g/mol. The van der Waals surface area contributed by atoms with E-state index in [0.717, 1.165) is 30.9 Å². The van der Waals surface area contributed by atoms with Gasteiger partial charge in [-0.3, -0.25) is 15.8 Å². The normalized spacial score (nSPS) is 14.9. The van der Waals surface area contributed by atoms with Gasteiger partial charge in [0.1, 0.15) is 5.84 Å². The van der Waals surface area contributed by atoms with E-state index in [0.29, 0.717) is 0 Å². The van der Waals surface area contributed by atoms with E-state index >= 15 is 0 Å². The molecule has 0 atom stereocenters. The van der Waals surface area contributed by atoms with Gasteiger partial charge in [0.05, 0.1) is 5.69 Å². The van der Waals surface area contributed by atoms with Gasteiger partial charge in [-0.25, -0.2) is 0 Å². The minimum atomic E-state index is 0.955. The number of benzene rings is 1. The minimum absolute atomic E-state index is 0.955. The molecule has 1 aromatic carbocycles. The number of amidine groups is 1. The smallest absolute Gasteiger partial charge is 0.115 e. The highest BCUT2D eigenvalue weighted by Crippen LogP contribution is 2.13. The van der Waals surface area contributed by atoms with E-state index in [1.54, 1.807) is 0 Å². The molecule has 0 amide bonds. The highest BCUT2D eigenvalue weighted by atomic mass is 15.4. The van der Waals surface area contributed by atoms with Gasteiger partial charge in [0.2, 0.25) is 0 Å². The fraction of sp³-hybridized carbons (Fsp3) is 0.417. The van der Waals surface area contributed by atoms with E-state index in [1.807, 2.05) is 0 Å². The lowest BCUT2D eigenvalue weighted by Gasteiger charge is -2.10. The zero-order valence-electron chi connectivity index (χ0n) is 9.30. The van der Waals surface area contributed by atoms with Crippen molar-refractivity contribution < 1.29 is 0 Å². The minimum Gasteiger partial charge on any atom is -0.300 e. The van der Waals surface area contributed by atoms with Crippen LogP contribution in [0.5, 0.6) is 0 Å². The maximum atomic E-state index is 4.33. The standard InChI is InChI=1S/C12H17N3/c1-9-5-6-11(8-10(9)2)14-15-12-4-3-7-13-12/h5-6,8,14H,3-4,7H2,1-2H3,(H,13,15). The van der Waals surface area contributed by atoms with Crippen LogP contribution in [0.25, 0.3) is 0 Å². The fourth-order valence-electron chi connectivity index (χ4n) is 1.61. The lowest BCUT2D eigenvalue weighted by molar-refractivity contribution is 0.944. The first kappa shape index (κ1) is 10.0. The molecule has 0 bridgehead atoms. The maximum Gasteiger partial charge on any atom is 0.115 e. The molecule has 0 aromatic heterocycles. The summed E-state index contributed by atoms with van der Waals surface area (Å²) in [5.41, 5.74) is 10.0. The van der Waals surface area contributed by atoms with Gasteiger partial charge in [0.25, 0.3) is 0 Å². The second kappa shape index (κ2) is 4.34. The molecule has 1 aliphatic heterocycles. The Kier molecular flexibility index (Phi) is 2.90. The SMILES string of the molecule is Cc1ccc(NNC2=NCCC2)cc1C.